The molecule has 3 unspecified atom stereocenters. The van der Waals surface area contributed by atoms with Crippen LogP contribution < -0.4 is 5.32 Å². The number of hydrogen-bond acceptors (Lipinski definition) is 3. The Kier molecular flexibility index (Phi) is 5.32. The third kappa shape index (κ3) is 4.22. The molecule has 1 rings (SSSR count). The SMILES string of the molecule is CC(C)CC(NC(=O)C1CCCC1C(=O)O)C(=O)O. The Morgan fingerprint density at radius 2 is 1.74 bits per heavy atom. The van der Waals surface area contributed by atoms with Gasteiger partial charge in [-0.05, 0) is 25.2 Å². The first-order valence-electron chi connectivity index (χ1n) is 6.59. The predicted molar refractivity (Wildman–Crippen MR) is 67.5 cm³/mol. The number of nitrogens with one attached hydrogen (secondary N) is 1. The van der Waals surface area contributed by atoms with Crippen molar-refractivity contribution in [2.75, 3.05) is 0 Å². The second-order valence-corrected chi connectivity index (χ2v) is 5.51. The second kappa shape index (κ2) is 6.54. The van der Waals surface area contributed by atoms with Crippen LogP contribution in [0.5, 0.6) is 0 Å². The fourth-order valence-electron chi connectivity index (χ4n) is 2.54. The van der Waals surface area contributed by atoms with E-state index in [1.165, 1.54) is 0 Å². The molecule has 108 valence electrons. The van der Waals surface area contributed by atoms with Crippen molar-refractivity contribution in [3.8, 4) is 0 Å². The lowest BCUT2D eigenvalue weighted by atomic mass is 9.94. The molecule has 6 heteroatoms. The number of aliphatic carboxylic acids is 2. The van der Waals surface area contributed by atoms with Crippen LogP contribution in [0.25, 0.3) is 0 Å². The number of carbonyl (C=O) groups is 3. The summed E-state index contributed by atoms with van der Waals surface area (Å²) < 4.78 is 0. The summed E-state index contributed by atoms with van der Waals surface area (Å²) in [7, 11) is 0. The summed E-state index contributed by atoms with van der Waals surface area (Å²) in [5, 5.41) is 20.6. The summed E-state index contributed by atoms with van der Waals surface area (Å²) in [5.41, 5.74) is 0. The fraction of sp³-hybridized carbons (Fsp3) is 0.769. The topological polar surface area (TPSA) is 104 Å². The average molecular weight is 271 g/mol. The summed E-state index contributed by atoms with van der Waals surface area (Å²) in [5.74, 6) is -3.65. The number of hydrogen-bond donors (Lipinski definition) is 3. The maximum absolute atomic E-state index is 12.0. The van der Waals surface area contributed by atoms with E-state index in [0.717, 1.165) is 0 Å². The van der Waals surface area contributed by atoms with Gasteiger partial charge in [0, 0.05) is 0 Å². The Morgan fingerprint density at radius 1 is 1.16 bits per heavy atom. The molecule has 3 N–H and O–H groups in total. The van der Waals surface area contributed by atoms with Crippen molar-refractivity contribution in [1.29, 1.82) is 0 Å². The van der Waals surface area contributed by atoms with Gasteiger partial charge in [-0.15, -0.1) is 0 Å². The molecule has 0 spiro atoms. The van der Waals surface area contributed by atoms with Gasteiger partial charge < -0.3 is 15.5 Å². The van der Waals surface area contributed by atoms with Gasteiger partial charge in [0.15, 0.2) is 0 Å². The third-order valence-electron chi connectivity index (χ3n) is 3.49. The van der Waals surface area contributed by atoms with Crippen molar-refractivity contribution in [3.63, 3.8) is 0 Å². The minimum Gasteiger partial charge on any atom is -0.481 e. The minimum absolute atomic E-state index is 0.139. The van der Waals surface area contributed by atoms with E-state index in [-0.39, 0.29) is 5.92 Å². The zero-order valence-corrected chi connectivity index (χ0v) is 11.3. The zero-order valence-electron chi connectivity index (χ0n) is 11.3. The van der Waals surface area contributed by atoms with Gasteiger partial charge in [-0.2, -0.15) is 0 Å². The van der Waals surface area contributed by atoms with Crippen molar-refractivity contribution in [3.05, 3.63) is 0 Å². The lowest BCUT2D eigenvalue weighted by Gasteiger charge is -2.20. The average Bonchev–Trinajstić information content (AvgIpc) is 2.76. The van der Waals surface area contributed by atoms with Crippen molar-refractivity contribution in [2.24, 2.45) is 17.8 Å². The third-order valence-corrected chi connectivity index (χ3v) is 3.49. The van der Waals surface area contributed by atoms with Crippen LogP contribution in [0.15, 0.2) is 0 Å². The molecule has 0 aromatic carbocycles. The molecular weight excluding hydrogens is 250 g/mol. The van der Waals surface area contributed by atoms with E-state index in [4.69, 9.17) is 10.2 Å². The Morgan fingerprint density at radius 3 is 2.21 bits per heavy atom. The molecule has 6 nitrogen and oxygen atoms in total. The lowest BCUT2D eigenvalue weighted by Crippen LogP contribution is -2.45. The van der Waals surface area contributed by atoms with E-state index in [2.05, 4.69) is 5.32 Å². The molecule has 1 fully saturated rings. The molecule has 0 saturated heterocycles. The van der Waals surface area contributed by atoms with Crippen LogP contribution in [0.4, 0.5) is 0 Å². The molecule has 0 radical (unpaired) electrons. The molecule has 1 aliphatic carbocycles. The van der Waals surface area contributed by atoms with Crippen molar-refractivity contribution in [2.45, 2.75) is 45.6 Å². The maximum atomic E-state index is 12.0. The van der Waals surface area contributed by atoms with Crippen LogP contribution in [-0.2, 0) is 14.4 Å². The Labute approximate surface area is 112 Å². The Hall–Kier alpha value is -1.59. The summed E-state index contributed by atoms with van der Waals surface area (Å²) in [4.78, 5) is 34.1. The first kappa shape index (κ1) is 15.5. The van der Waals surface area contributed by atoms with Crippen molar-refractivity contribution in [1.82, 2.24) is 5.32 Å². The molecule has 1 aliphatic rings. The number of rotatable bonds is 6. The summed E-state index contributed by atoms with van der Waals surface area (Å²) >= 11 is 0. The zero-order chi connectivity index (χ0) is 14.6. The molecule has 1 amide bonds. The first-order chi connectivity index (χ1) is 8.82. The molecule has 19 heavy (non-hydrogen) atoms. The molecule has 1 saturated carbocycles. The molecule has 0 aliphatic heterocycles. The molecule has 0 aromatic rings. The molecule has 0 aromatic heterocycles. The Balaban J connectivity index is 2.66. The highest BCUT2D eigenvalue weighted by Gasteiger charge is 2.38. The highest BCUT2D eigenvalue weighted by molar-refractivity contribution is 5.88. The quantitative estimate of drug-likeness (QED) is 0.671. The van der Waals surface area contributed by atoms with Crippen LogP contribution in [0.3, 0.4) is 0 Å². The molecular formula is C13H21NO5. The number of amides is 1. The largest absolute Gasteiger partial charge is 0.481 e. The van der Waals surface area contributed by atoms with Gasteiger partial charge in [0.1, 0.15) is 6.04 Å². The van der Waals surface area contributed by atoms with Crippen molar-refractivity contribution >= 4 is 17.8 Å². The second-order valence-electron chi connectivity index (χ2n) is 5.51. The predicted octanol–water partition coefficient (Wildman–Crippen LogP) is 1.10. The standard InChI is InChI=1S/C13H21NO5/c1-7(2)6-10(13(18)19)14-11(15)8-4-3-5-9(8)12(16)17/h7-10H,3-6H2,1-2H3,(H,14,15)(H,16,17)(H,18,19). The van der Waals surface area contributed by atoms with Crippen LogP contribution in [0, 0.1) is 17.8 Å². The molecule has 3 atom stereocenters. The van der Waals surface area contributed by atoms with Gasteiger partial charge >= 0.3 is 11.9 Å². The van der Waals surface area contributed by atoms with Crippen LogP contribution >= 0.6 is 0 Å². The first-order valence-corrected chi connectivity index (χ1v) is 6.59. The lowest BCUT2D eigenvalue weighted by molar-refractivity contribution is -0.147. The monoisotopic (exact) mass is 271 g/mol. The summed E-state index contributed by atoms with van der Waals surface area (Å²) in [6.45, 7) is 3.75. The van der Waals surface area contributed by atoms with Crippen LogP contribution in [0.2, 0.25) is 0 Å². The maximum Gasteiger partial charge on any atom is 0.326 e. The van der Waals surface area contributed by atoms with Gasteiger partial charge in [-0.3, -0.25) is 9.59 Å². The van der Waals surface area contributed by atoms with Gasteiger partial charge in [0.25, 0.3) is 0 Å². The van der Waals surface area contributed by atoms with E-state index >= 15 is 0 Å². The van der Waals surface area contributed by atoms with Gasteiger partial charge in [-0.25, -0.2) is 4.79 Å². The summed E-state index contributed by atoms with van der Waals surface area (Å²) in [6, 6.07) is -0.942. The Bertz CT molecular complexity index is 366. The highest BCUT2D eigenvalue weighted by atomic mass is 16.4. The van der Waals surface area contributed by atoms with E-state index in [1.54, 1.807) is 0 Å². The molecule has 0 heterocycles. The van der Waals surface area contributed by atoms with E-state index in [9.17, 15) is 14.4 Å². The number of carboxylic acids is 2. The van der Waals surface area contributed by atoms with Gasteiger partial charge in [-0.1, -0.05) is 20.3 Å². The van der Waals surface area contributed by atoms with Gasteiger partial charge in [0.2, 0.25) is 5.91 Å². The van der Waals surface area contributed by atoms with Crippen LogP contribution in [0.1, 0.15) is 39.5 Å². The van der Waals surface area contributed by atoms with E-state index < -0.39 is 35.7 Å². The number of carboxylic acid groups (broad SMARTS) is 2. The smallest absolute Gasteiger partial charge is 0.326 e. The van der Waals surface area contributed by atoms with Gasteiger partial charge in [0.05, 0.1) is 11.8 Å². The van der Waals surface area contributed by atoms with E-state index in [1.807, 2.05) is 13.8 Å². The normalized spacial score (nSPS) is 24.2. The molecule has 0 bridgehead atoms. The van der Waals surface area contributed by atoms with Crippen LogP contribution in [-0.4, -0.2) is 34.1 Å². The number of carbonyl (C=O) groups excluding carboxylic acids is 1. The van der Waals surface area contributed by atoms with E-state index in [0.29, 0.717) is 25.7 Å². The fourth-order valence-corrected chi connectivity index (χ4v) is 2.54. The highest BCUT2D eigenvalue weighted by Crippen LogP contribution is 2.32. The summed E-state index contributed by atoms with van der Waals surface area (Å²) in [6.07, 6.45) is 2.02. The van der Waals surface area contributed by atoms with Crippen molar-refractivity contribution < 1.29 is 24.6 Å². The minimum atomic E-state index is -1.08.